The van der Waals surface area contributed by atoms with E-state index >= 15 is 0 Å². The van der Waals surface area contributed by atoms with Gasteiger partial charge in [-0.3, -0.25) is 13.9 Å². The zero-order chi connectivity index (χ0) is 26.9. The first-order valence-corrected chi connectivity index (χ1v) is 11.9. The molecule has 3 heterocycles. The summed E-state index contributed by atoms with van der Waals surface area (Å²) in [6, 6.07) is 3.03. The van der Waals surface area contributed by atoms with Gasteiger partial charge in [0.2, 0.25) is 11.7 Å². The second-order valence-corrected chi connectivity index (χ2v) is 8.94. The van der Waals surface area contributed by atoms with Crippen molar-refractivity contribution in [1.82, 2.24) is 18.7 Å². The number of carbonyl (C=O) groups excluding carboxylic acids is 1. The van der Waals surface area contributed by atoms with Crippen LogP contribution in [0.15, 0.2) is 21.7 Å². The van der Waals surface area contributed by atoms with E-state index in [1.54, 1.807) is 11.6 Å². The molecule has 0 amide bonds. The summed E-state index contributed by atoms with van der Waals surface area (Å²) < 4.78 is 25.7. The summed E-state index contributed by atoms with van der Waals surface area (Å²) in [5.41, 5.74) is -0.0940. The van der Waals surface area contributed by atoms with Crippen molar-refractivity contribution < 1.29 is 41.0 Å². The van der Waals surface area contributed by atoms with Gasteiger partial charge in [-0.25, -0.2) is 9.59 Å². The van der Waals surface area contributed by atoms with E-state index in [0.29, 0.717) is 28.8 Å². The van der Waals surface area contributed by atoms with Crippen molar-refractivity contribution in [3.63, 3.8) is 0 Å². The minimum Gasteiger partial charge on any atom is -1.00 e. The van der Waals surface area contributed by atoms with Crippen LogP contribution in [-0.2, 0) is 25.4 Å². The first kappa shape index (κ1) is 28.9. The van der Waals surface area contributed by atoms with Gasteiger partial charge in [0, 0.05) is 14.1 Å². The molecule has 0 aliphatic carbocycles. The second-order valence-electron chi connectivity index (χ2n) is 8.94. The van der Waals surface area contributed by atoms with Crippen LogP contribution >= 0.6 is 0 Å². The van der Waals surface area contributed by atoms with Gasteiger partial charge in [0.15, 0.2) is 22.7 Å². The van der Waals surface area contributed by atoms with E-state index in [-0.39, 0.29) is 36.6 Å². The number of carbonyl (C=O) groups is 1. The SMILES string of the molecule is COc1cc(C(=O)OCCn2c(N3CC[NH+](C)CC3)nc3c2c(=O)n(C)c(=O)n3C)cc(OC)c1OC.[Cl-]. The van der Waals surface area contributed by atoms with Crippen LogP contribution in [0.3, 0.4) is 0 Å². The number of anilines is 1. The zero-order valence-corrected chi connectivity index (χ0v) is 23.1. The number of rotatable bonds is 8. The van der Waals surface area contributed by atoms with E-state index in [2.05, 4.69) is 16.9 Å². The number of esters is 1. The average Bonchev–Trinajstić information content (AvgIpc) is 3.29. The third kappa shape index (κ3) is 5.16. The lowest BCUT2D eigenvalue weighted by Gasteiger charge is -2.31. The molecule has 38 heavy (non-hydrogen) atoms. The fourth-order valence-corrected chi connectivity index (χ4v) is 4.49. The molecule has 0 saturated carbocycles. The number of hydrogen-bond donors (Lipinski definition) is 1. The Hall–Kier alpha value is -3.71. The Kier molecular flexibility index (Phi) is 8.94. The number of nitrogens with one attached hydrogen (secondary N) is 1. The molecule has 3 aromatic rings. The molecule has 0 atom stereocenters. The number of halogens is 1. The Bertz CT molecular complexity index is 1410. The lowest BCUT2D eigenvalue weighted by Crippen LogP contribution is -3.12. The van der Waals surface area contributed by atoms with Crippen LogP contribution < -0.4 is 47.7 Å². The number of hydrogen-bond acceptors (Lipinski definition) is 9. The standard InChI is InChI=1S/C24H32N6O7.ClH/c1-26-7-9-29(10-8-26)23-25-20-18(21(31)28(3)24(33)27(20)2)30(23)11-12-37-22(32)15-13-16(34-4)19(36-6)17(14-15)35-5;/h13-14H,7-12H2,1-6H3;1H. The van der Waals surface area contributed by atoms with Crippen molar-refractivity contribution in [2.24, 2.45) is 14.1 Å². The number of benzene rings is 1. The van der Waals surface area contributed by atoms with E-state index in [0.717, 1.165) is 30.7 Å². The van der Waals surface area contributed by atoms with Crippen molar-refractivity contribution in [2.45, 2.75) is 6.54 Å². The third-order valence-corrected chi connectivity index (χ3v) is 6.68. The normalized spacial score (nSPS) is 13.8. The minimum atomic E-state index is -0.589. The summed E-state index contributed by atoms with van der Waals surface area (Å²) in [5.74, 6) is 1.02. The predicted molar refractivity (Wildman–Crippen MR) is 135 cm³/mol. The molecule has 13 nitrogen and oxygen atoms in total. The molecule has 0 unspecified atom stereocenters. The number of ether oxygens (including phenoxy) is 4. The molecule has 208 valence electrons. The van der Waals surface area contributed by atoms with Gasteiger partial charge in [-0.05, 0) is 12.1 Å². The van der Waals surface area contributed by atoms with Gasteiger partial charge in [-0.1, -0.05) is 0 Å². The molecule has 1 N–H and O–H groups in total. The highest BCUT2D eigenvalue weighted by Crippen LogP contribution is 2.38. The lowest BCUT2D eigenvalue weighted by atomic mass is 10.2. The summed E-state index contributed by atoms with van der Waals surface area (Å²) in [6.07, 6.45) is 0. The number of imidazole rings is 1. The van der Waals surface area contributed by atoms with E-state index in [9.17, 15) is 14.4 Å². The zero-order valence-electron chi connectivity index (χ0n) is 22.4. The van der Waals surface area contributed by atoms with Crippen LogP contribution in [0.1, 0.15) is 10.4 Å². The van der Waals surface area contributed by atoms with Crippen molar-refractivity contribution >= 4 is 23.1 Å². The fraction of sp³-hybridized carbons (Fsp3) is 0.500. The third-order valence-electron chi connectivity index (χ3n) is 6.68. The van der Waals surface area contributed by atoms with E-state index < -0.39 is 17.2 Å². The first-order chi connectivity index (χ1) is 17.7. The van der Waals surface area contributed by atoms with Gasteiger partial charge < -0.3 is 45.7 Å². The molecule has 1 aliphatic rings. The number of fused-ring (bicyclic) bond motifs is 1. The topological polar surface area (TPSA) is 123 Å². The molecule has 2 aromatic heterocycles. The molecule has 1 aromatic carbocycles. The molecule has 0 radical (unpaired) electrons. The number of likely N-dealkylation sites (N-methyl/N-ethyl adjacent to an activating group) is 1. The molecule has 1 aliphatic heterocycles. The minimum absolute atomic E-state index is 0. The smallest absolute Gasteiger partial charge is 0.338 e. The highest BCUT2D eigenvalue weighted by molar-refractivity contribution is 5.91. The van der Waals surface area contributed by atoms with Gasteiger partial charge in [0.25, 0.3) is 5.56 Å². The Morgan fingerprint density at radius 1 is 1.00 bits per heavy atom. The summed E-state index contributed by atoms with van der Waals surface area (Å²) in [4.78, 5) is 46.7. The molecular weight excluding hydrogens is 520 g/mol. The van der Waals surface area contributed by atoms with Crippen molar-refractivity contribution in [2.75, 3.05) is 66.1 Å². The maximum atomic E-state index is 13.1. The number of nitrogens with zero attached hydrogens (tertiary/aromatic N) is 5. The first-order valence-electron chi connectivity index (χ1n) is 11.9. The molecule has 4 rings (SSSR count). The number of piperazine rings is 1. The Morgan fingerprint density at radius 3 is 2.16 bits per heavy atom. The molecule has 1 saturated heterocycles. The van der Waals surface area contributed by atoms with Gasteiger partial charge >= 0.3 is 11.7 Å². The number of aryl methyl sites for hydroxylation is 1. The van der Waals surface area contributed by atoms with Crippen molar-refractivity contribution in [3.05, 3.63) is 38.5 Å². The molecule has 14 heteroatoms. The molecule has 0 spiro atoms. The van der Waals surface area contributed by atoms with E-state index in [1.807, 2.05) is 0 Å². The van der Waals surface area contributed by atoms with E-state index in [1.165, 1.54) is 50.0 Å². The molecular formula is C24H33ClN6O7. The van der Waals surface area contributed by atoms with Crippen molar-refractivity contribution in [1.29, 1.82) is 0 Å². The quantitative estimate of drug-likeness (QED) is 0.276. The van der Waals surface area contributed by atoms with Gasteiger partial charge in [0.05, 0.1) is 66.7 Å². The Labute approximate surface area is 225 Å². The van der Waals surface area contributed by atoms with Gasteiger partial charge in [-0.2, -0.15) is 4.98 Å². The lowest BCUT2D eigenvalue weighted by molar-refractivity contribution is -0.880. The summed E-state index contributed by atoms with van der Waals surface area (Å²) in [5, 5.41) is 0. The van der Waals surface area contributed by atoms with Gasteiger partial charge in [0.1, 0.15) is 6.61 Å². The van der Waals surface area contributed by atoms with Crippen LogP contribution in [0.25, 0.3) is 11.2 Å². The molecule has 0 bridgehead atoms. The van der Waals surface area contributed by atoms with E-state index in [4.69, 9.17) is 18.9 Å². The fourth-order valence-electron chi connectivity index (χ4n) is 4.49. The maximum absolute atomic E-state index is 13.1. The Balaban J connectivity index is 0.00000400. The highest BCUT2D eigenvalue weighted by Gasteiger charge is 2.26. The van der Waals surface area contributed by atoms with Crippen LogP contribution in [0.5, 0.6) is 17.2 Å². The average molecular weight is 553 g/mol. The summed E-state index contributed by atoms with van der Waals surface area (Å²) >= 11 is 0. The monoisotopic (exact) mass is 552 g/mol. The van der Waals surface area contributed by atoms with Crippen LogP contribution in [-0.4, -0.2) is 85.8 Å². The van der Waals surface area contributed by atoms with Gasteiger partial charge in [-0.15, -0.1) is 0 Å². The summed E-state index contributed by atoms with van der Waals surface area (Å²) in [7, 11) is 9.56. The van der Waals surface area contributed by atoms with Crippen LogP contribution in [0, 0.1) is 0 Å². The van der Waals surface area contributed by atoms with Crippen molar-refractivity contribution in [3.8, 4) is 17.2 Å². The number of methoxy groups -OCH3 is 3. The maximum Gasteiger partial charge on any atom is 0.338 e. The second kappa shape index (κ2) is 11.8. The largest absolute Gasteiger partial charge is 1.00 e. The number of aromatic nitrogens is 4. The Morgan fingerprint density at radius 2 is 1.61 bits per heavy atom. The highest BCUT2D eigenvalue weighted by atomic mass is 35.5. The molecule has 1 fully saturated rings. The van der Waals surface area contributed by atoms with Crippen LogP contribution in [0.2, 0.25) is 0 Å². The number of quaternary nitrogens is 1. The van der Waals surface area contributed by atoms with Crippen LogP contribution in [0.4, 0.5) is 5.95 Å². The predicted octanol–water partition coefficient (Wildman–Crippen LogP) is -4.34. The summed E-state index contributed by atoms with van der Waals surface area (Å²) in [6.45, 7) is 3.46.